The Morgan fingerprint density at radius 3 is 1.80 bits per heavy atom. The van der Waals surface area contributed by atoms with Crippen molar-refractivity contribution >= 4 is 0 Å². The maximum atomic E-state index is 7.29. The molecule has 0 aromatic carbocycles. The van der Waals surface area contributed by atoms with Crippen molar-refractivity contribution in [3.8, 4) is 0 Å². The summed E-state index contributed by atoms with van der Waals surface area (Å²) in [6.07, 6.45) is 9.32. The zero-order valence-corrected chi connectivity index (χ0v) is 7.53. The number of hydrogen-bond donors (Lipinski definition) is 0. The Hall–Kier alpha value is 0. The SMILES string of the molecule is [2H]C(C)CCCCCCCC. The van der Waals surface area contributed by atoms with Gasteiger partial charge in [0, 0.05) is 1.37 Å². The predicted octanol–water partition coefficient (Wildman–Crippen LogP) is 4.15. The van der Waals surface area contributed by atoms with E-state index in [0.717, 1.165) is 6.42 Å². The third kappa shape index (κ3) is 8.00. The molecule has 1 unspecified atom stereocenters. The lowest BCUT2D eigenvalue weighted by molar-refractivity contribution is 0.585. The van der Waals surface area contributed by atoms with Crippen molar-refractivity contribution in [2.45, 2.75) is 65.2 Å². The molecule has 0 bridgehead atoms. The quantitative estimate of drug-likeness (QED) is 0.470. The highest BCUT2D eigenvalue weighted by Gasteiger charge is 1.87. The van der Waals surface area contributed by atoms with Gasteiger partial charge < -0.3 is 0 Å². The summed E-state index contributed by atoms with van der Waals surface area (Å²) in [5, 5.41) is 0. The van der Waals surface area contributed by atoms with Crippen LogP contribution in [0.4, 0.5) is 0 Å². The first-order chi connectivity index (χ1) is 5.27. The van der Waals surface area contributed by atoms with Gasteiger partial charge in [-0.2, -0.15) is 0 Å². The molecule has 0 aliphatic heterocycles. The van der Waals surface area contributed by atoms with Crippen LogP contribution in [0.15, 0.2) is 0 Å². The van der Waals surface area contributed by atoms with Crippen molar-refractivity contribution in [2.75, 3.05) is 0 Å². The summed E-state index contributed by atoms with van der Waals surface area (Å²) in [6.45, 7) is 4.22. The molecule has 62 valence electrons. The minimum absolute atomic E-state index is 0.154. The molecule has 0 aliphatic carbocycles. The average Bonchev–Trinajstić information content (AvgIpc) is 1.96. The van der Waals surface area contributed by atoms with Gasteiger partial charge in [-0.1, -0.05) is 65.2 Å². The molecule has 0 aromatic heterocycles. The van der Waals surface area contributed by atoms with E-state index >= 15 is 0 Å². The highest BCUT2D eigenvalue weighted by Crippen LogP contribution is 2.07. The zero-order valence-electron chi connectivity index (χ0n) is 8.53. The Bertz CT molecular complexity index is 69.3. The van der Waals surface area contributed by atoms with E-state index in [9.17, 15) is 0 Å². The number of rotatable bonds is 7. The van der Waals surface area contributed by atoms with Gasteiger partial charge in [0.2, 0.25) is 0 Å². The monoisotopic (exact) mass is 143 g/mol. The van der Waals surface area contributed by atoms with Gasteiger partial charge in [0.15, 0.2) is 0 Å². The second kappa shape index (κ2) is 9.00. The van der Waals surface area contributed by atoms with Crippen LogP contribution in [0.25, 0.3) is 0 Å². The molecule has 1 atom stereocenters. The van der Waals surface area contributed by atoms with E-state index in [-0.39, 0.29) is 6.40 Å². The molecule has 0 amide bonds. The van der Waals surface area contributed by atoms with Gasteiger partial charge in [-0.15, -0.1) is 0 Å². The van der Waals surface area contributed by atoms with Gasteiger partial charge in [0.25, 0.3) is 0 Å². The van der Waals surface area contributed by atoms with E-state index in [1.807, 2.05) is 6.92 Å². The molecule has 0 heterocycles. The second-order valence-electron chi connectivity index (χ2n) is 2.96. The van der Waals surface area contributed by atoms with Crippen LogP contribution < -0.4 is 0 Å². The highest BCUT2D eigenvalue weighted by atomic mass is 13.9. The number of hydrogen-bond acceptors (Lipinski definition) is 0. The first-order valence-corrected chi connectivity index (χ1v) is 4.69. The number of unbranched alkanes of at least 4 members (excludes halogenated alkanes) is 5. The maximum Gasteiger partial charge on any atom is 0.0264 e. The fraction of sp³-hybridized carbons (Fsp3) is 1.00. The predicted molar refractivity (Wildman–Crippen MR) is 48.3 cm³/mol. The van der Waals surface area contributed by atoms with E-state index in [4.69, 9.17) is 1.37 Å². The summed E-state index contributed by atoms with van der Waals surface area (Å²) in [7, 11) is 0. The Balaban J connectivity index is 2.80. The lowest BCUT2D eigenvalue weighted by Gasteiger charge is -1.97. The molecule has 0 aromatic rings. The average molecular weight is 143 g/mol. The smallest absolute Gasteiger partial charge is 0.0264 e. The molecule has 10 heavy (non-hydrogen) atoms. The fourth-order valence-electron chi connectivity index (χ4n) is 1.13. The molecule has 0 N–H and O–H groups in total. The normalized spacial score (nSPS) is 14.8. The van der Waals surface area contributed by atoms with Crippen LogP contribution in [0.3, 0.4) is 0 Å². The van der Waals surface area contributed by atoms with Crippen LogP contribution in [0.5, 0.6) is 0 Å². The van der Waals surface area contributed by atoms with Gasteiger partial charge in [-0.05, 0) is 0 Å². The van der Waals surface area contributed by atoms with E-state index in [2.05, 4.69) is 6.92 Å². The van der Waals surface area contributed by atoms with Crippen molar-refractivity contribution in [1.29, 1.82) is 0 Å². The molecule has 0 radical (unpaired) electrons. The van der Waals surface area contributed by atoms with E-state index in [1.54, 1.807) is 0 Å². The first-order valence-electron chi connectivity index (χ1n) is 5.27. The summed E-state index contributed by atoms with van der Waals surface area (Å²) in [5.41, 5.74) is 0. The van der Waals surface area contributed by atoms with Crippen molar-refractivity contribution < 1.29 is 1.37 Å². The van der Waals surface area contributed by atoms with Crippen molar-refractivity contribution in [2.24, 2.45) is 0 Å². The lowest BCUT2D eigenvalue weighted by Crippen LogP contribution is -1.77. The van der Waals surface area contributed by atoms with Crippen LogP contribution in [-0.4, -0.2) is 0 Å². The summed E-state index contributed by atoms with van der Waals surface area (Å²) in [4.78, 5) is 0. The van der Waals surface area contributed by atoms with Crippen LogP contribution in [-0.2, 0) is 0 Å². The van der Waals surface area contributed by atoms with E-state index < -0.39 is 0 Å². The van der Waals surface area contributed by atoms with Gasteiger partial charge in [-0.25, -0.2) is 0 Å². The van der Waals surface area contributed by atoms with Crippen LogP contribution in [0.2, 0.25) is 0 Å². The van der Waals surface area contributed by atoms with Crippen molar-refractivity contribution in [1.82, 2.24) is 0 Å². The van der Waals surface area contributed by atoms with Gasteiger partial charge in [0.05, 0.1) is 0 Å². The molecular formula is C10H22. The fourth-order valence-corrected chi connectivity index (χ4v) is 1.13. The minimum atomic E-state index is 0.154. The van der Waals surface area contributed by atoms with Gasteiger partial charge in [-0.3, -0.25) is 0 Å². The van der Waals surface area contributed by atoms with E-state index in [0.29, 0.717) is 0 Å². The van der Waals surface area contributed by atoms with Crippen LogP contribution in [0.1, 0.15) is 66.6 Å². The highest BCUT2D eigenvalue weighted by molar-refractivity contribution is 4.43. The van der Waals surface area contributed by atoms with Gasteiger partial charge in [0.1, 0.15) is 0 Å². The Labute approximate surface area is 67.4 Å². The second-order valence-corrected chi connectivity index (χ2v) is 2.96. The summed E-state index contributed by atoms with van der Waals surface area (Å²) < 4.78 is 7.29. The molecule has 0 spiro atoms. The first kappa shape index (κ1) is 8.10. The molecule has 0 fully saturated rings. The van der Waals surface area contributed by atoms with Crippen LogP contribution >= 0.6 is 0 Å². The van der Waals surface area contributed by atoms with Crippen LogP contribution in [0, 0.1) is 0 Å². The topological polar surface area (TPSA) is 0 Å². The molecule has 0 aliphatic rings. The van der Waals surface area contributed by atoms with Crippen molar-refractivity contribution in [3.05, 3.63) is 0 Å². The zero-order chi connectivity index (χ0) is 8.53. The third-order valence-electron chi connectivity index (χ3n) is 1.85. The Morgan fingerprint density at radius 1 is 0.800 bits per heavy atom. The summed E-state index contributed by atoms with van der Waals surface area (Å²) >= 11 is 0. The molecule has 0 heteroatoms. The minimum Gasteiger partial charge on any atom is -0.0654 e. The van der Waals surface area contributed by atoms with E-state index in [1.165, 1.54) is 38.5 Å². The standard InChI is InChI=1S/C10H22/c1-3-5-7-9-10-8-6-4-2/h3-10H2,1-2H3/i3D. The largest absolute Gasteiger partial charge is 0.0654 e. The summed E-state index contributed by atoms with van der Waals surface area (Å²) in [6, 6.07) is 0. The molecule has 0 saturated heterocycles. The third-order valence-corrected chi connectivity index (χ3v) is 1.85. The molecular weight excluding hydrogens is 120 g/mol. The van der Waals surface area contributed by atoms with Gasteiger partial charge >= 0.3 is 0 Å². The Morgan fingerprint density at radius 2 is 1.30 bits per heavy atom. The molecule has 0 rings (SSSR count). The maximum absolute atomic E-state index is 7.29. The molecule has 0 saturated carbocycles. The Kier molecular flexibility index (Phi) is 7.29. The van der Waals surface area contributed by atoms with Crippen molar-refractivity contribution in [3.63, 3.8) is 0 Å². The molecule has 0 nitrogen and oxygen atoms in total. The lowest BCUT2D eigenvalue weighted by atomic mass is 10.1. The summed E-state index contributed by atoms with van der Waals surface area (Å²) in [5.74, 6) is 0.